The van der Waals surface area contributed by atoms with Gasteiger partial charge in [-0.15, -0.1) is 0 Å². The summed E-state index contributed by atoms with van der Waals surface area (Å²) in [6.45, 7) is -0.278. The number of nitrogens with one attached hydrogen (secondary N) is 1. The van der Waals surface area contributed by atoms with Crippen LogP contribution in [0.2, 0.25) is 5.02 Å². The number of benzene rings is 3. The molecule has 1 atom stereocenters. The van der Waals surface area contributed by atoms with Gasteiger partial charge < -0.3 is 14.6 Å². The predicted molar refractivity (Wildman–Crippen MR) is 122 cm³/mol. The van der Waals surface area contributed by atoms with Crippen LogP contribution in [0, 0.1) is 5.82 Å². The molecular weight excluding hydrogens is 429 g/mol. The standard InChI is InChI=1S/C25H21ClFN3O2/c1-30-14-13-28-25(30)24(19-9-5-6-10-21(19)27)29-23(31)16-32-22-12-11-18(15-20(22)26)17-7-3-2-4-8-17/h2-15,24H,16H2,1H3,(H,29,31). The molecule has 0 fully saturated rings. The average molecular weight is 450 g/mol. The normalized spacial score (nSPS) is 11.7. The smallest absolute Gasteiger partial charge is 0.258 e. The highest BCUT2D eigenvalue weighted by Gasteiger charge is 2.23. The van der Waals surface area contributed by atoms with Gasteiger partial charge in [0.05, 0.1) is 5.02 Å². The first-order chi connectivity index (χ1) is 15.5. The fourth-order valence-corrected chi connectivity index (χ4v) is 3.66. The summed E-state index contributed by atoms with van der Waals surface area (Å²) in [6, 6.07) is 20.7. The molecule has 1 heterocycles. The second kappa shape index (κ2) is 9.66. The molecule has 32 heavy (non-hydrogen) atoms. The molecule has 1 unspecified atom stereocenters. The summed E-state index contributed by atoms with van der Waals surface area (Å²) in [7, 11) is 1.78. The first kappa shape index (κ1) is 21.6. The van der Waals surface area contributed by atoms with Gasteiger partial charge in [-0.3, -0.25) is 4.79 Å². The minimum Gasteiger partial charge on any atom is -0.482 e. The quantitative estimate of drug-likeness (QED) is 0.423. The van der Waals surface area contributed by atoms with Crippen LogP contribution in [0.1, 0.15) is 17.4 Å². The van der Waals surface area contributed by atoms with Crippen molar-refractivity contribution >= 4 is 17.5 Å². The van der Waals surface area contributed by atoms with Gasteiger partial charge in [0.1, 0.15) is 23.4 Å². The number of carbonyl (C=O) groups excluding carboxylic acids is 1. The summed E-state index contributed by atoms with van der Waals surface area (Å²) in [6.07, 6.45) is 3.33. The van der Waals surface area contributed by atoms with E-state index in [1.165, 1.54) is 6.07 Å². The Morgan fingerprint density at radius 3 is 2.53 bits per heavy atom. The first-order valence-electron chi connectivity index (χ1n) is 10.0. The molecular formula is C25H21ClFN3O2. The van der Waals surface area contributed by atoms with Crippen LogP contribution in [0.4, 0.5) is 4.39 Å². The monoisotopic (exact) mass is 449 g/mol. The first-order valence-corrected chi connectivity index (χ1v) is 10.4. The molecule has 5 nitrogen and oxygen atoms in total. The molecule has 1 amide bonds. The van der Waals surface area contributed by atoms with E-state index in [1.54, 1.807) is 54.3 Å². The molecule has 0 spiro atoms. The van der Waals surface area contributed by atoms with Crippen LogP contribution in [0.15, 0.2) is 85.2 Å². The summed E-state index contributed by atoms with van der Waals surface area (Å²) in [5.41, 5.74) is 2.30. The van der Waals surface area contributed by atoms with Crippen molar-refractivity contribution in [3.63, 3.8) is 0 Å². The Kier molecular flexibility index (Phi) is 6.52. The maximum Gasteiger partial charge on any atom is 0.258 e. The molecule has 0 aliphatic heterocycles. The van der Waals surface area contributed by atoms with Crippen molar-refractivity contribution in [3.05, 3.63) is 107 Å². The van der Waals surface area contributed by atoms with Gasteiger partial charge in [-0.05, 0) is 29.3 Å². The van der Waals surface area contributed by atoms with E-state index < -0.39 is 17.8 Å². The second-order valence-corrected chi connectivity index (χ2v) is 7.63. The number of hydrogen-bond donors (Lipinski definition) is 1. The summed E-state index contributed by atoms with van der Waals surface area (Å²) in [5, 5.41) is 3.21. The number of carbonyl (C=O) groups is 1. The van der Waals surface area contributed by atoms with E-state index in [-0.39, 0.29) is 6.61 Å². The van der Waals surface area contributed by atoms with Crippen molar-refractivity contribution in [2.24, 2.45) is 7.05 Å². The SMILES string of the molecule is Cn1ccnc1C(NC(=O)COc1ccc(-c2ccccc2)cc1Cl)c1ccccc1F. The van der Waals surface area contributed by atoms with E-state index >= 15 is 0 Å². The number of imidazole rings is 1. The van der Waals surface area contributed by atoms with Crippen molar-refractivity contribution in [3.8, 4) is 16.9 Å². The topological polar surface area (TPSA) is 56.2 Å². The van der Waals surface area contributed by atoms with E-state index in [1.807, 2.05) is 36.4 Å². The third-order valence-corrected chi connectivity index (χ3v) is 5.33. The minimum absolute atomic E-state index is 0.278. The minimum atomic E-state index is -0.761. The van der Waals surface area contributed by atoms with Crippen molar-refractivity contribution in [1.82, 2.24) is 14.9 Å². The Bertz CT molecular complexity index is 1230. The van der Waals surface area contributed by atoms with Gasteiger partial charge in [-0.1, -0.05) is 66.2 Å². The zero-order chi connectivity index (χ0) is 22.5. The van der Waals surface area contributed by atoms with Crippen molar-refractivity contribution in [1.29, 1.82) is 0 Å². The highest BCUT2D eigenvalue weighted by molar-refractivity contribution is 6.32. The summed E-state index contributed by atoms with van der Waals surface area (Å²) in [5.74, 6) is 0.0420. The van der Waals surface area contributed by atoms with Gasteiger partial charge in [-0.2, -0.15) is 0 Å². The third-order valence-electron chi connectivity index (χ3n) is 5.04. The molecule has 0 saturated carbocycles. The van der Waals surface area contributed by atoms with Crippen LogP contribution in [0.3, 0.4) is 0 Å². The number of hydrogen-bond acceptors (Lipinski definition) is 3. The number of nitrogens with zero attached hydrogens (tertiary/aromatic N) is 2. The highest BCUT2D eigenvalue weighted by atomic mass is 35.5. The van der Waals surface area contributed by atoms with Crippen LogP contribution in [0.25, 0.3) is 11.1 Å². The van der Waals surface area contributed by atoms with Crippen molar-refractivity contribution < 1.29 is 13.9 Å². The number of halogens is 2. The maximum atomic E-state index is 14.5. The van der Waals surface area contributed by atoms with Gasteiger partial charge in [-0.25, -0.2) is 9.37 Å². The van der Waals surface area contributed by atoms with E-state index in [0.717, 1.165) is 11.1 Å². The Morgan fingerprint density at radius 2 is 1.84 bits per heavy atom. The predicted octanol–water partition coefficient (Wildman–Crippen LogP) is 5.16. The molecule has 0 radical (unpaired) electrons. The molecule has 1 N–H and O–H groups in total. The van der Waals surface area contributed by atoms with Crippen molar-refractivity contribution in [2.75, 3.05) is 6.61 Å². The second-order valence-electron chi connectivity index (χ2n) is 7.22. The molecule has 0 aliphatic rings. The van der Waals surface area contributed by atoms with Gasteiger partial charge in [0.2, 0.25) is 0 Å². The molecule has 0 bridgehead atoms. The number of aryl methyl sites for hydroxylation is 1. The molecule has 0 saturated heterocycles. The largest absolute Gasteiger partial charge is 0.482 e. The Morgan fingerprint density at radius 1 is 1.09 bits per heavy atom. The molecule has 4 aromatic rings. The lowest BCUT2D eigenvalue weighted by molar-refractivity contribution is -0.123. The van der Waals surface area contributed by atoms with Gasteiger partial charge in [0, 0.05) is 25.0 Å². The zero-order valence-corrected chi connectivity index (χ0v) is 18.1. The molecule has 4 rings (SSSR count). The molecule has 0 aliphatic carbocycles. The Hall–Kier alpha value is -3.64. The van der Waals surface area contributed by atoms with Crippen LogP contribution in [-0.4, -0.2) is 22.1 Å². The van der Waals surface area contributed by atoms with Crippen LogP contribution >= 0.6 is 11.6 Å². The number of amides is 1. The zero-order valence-electron chi connectivity index (χ0n) is 17.3. The van der Waals surface area contributed by atoms with Gasteiger partial charge in [0.15, 0.2) is 6.61 Å². The van der Waals surface area contributed by atoms with Crippen LogP contribution in [-0.2, 0) is 11.8 Å². The molecule has 162 valence electrons. The fourth-order valence-electron chi connectivity index (χ4n) is 3.42. The molecule has 7 heteroatoms. The lowest BCUT2D eigenvalue weighted by Gasteiger charge is -2.20. The van der Waals surface area contributed by atoms with Crippen LogP contribution in [0.5, 0.6) is 5.75 Å². The van der Waals surface area contributed by atoms with E-state index in [9.17, 15) is 9.18 Å². The van der Waals surface area contributed by atoms with Gasteiger partial charge in [0.25, 0.3) is 5.91 Å². The van der Waals surface area contributed by atoms with E-state index in [2.05, 4.69) is 10.3 Å². The van der Waals surface area contributed by atoms with Gasteiger partial charge >= 0.3 is 0 Å². The lowest BCUT2D eigenvalue weighted by atomic mass is 10.1. The fraction of sp³-hybridized carbons (Fsp3) is 0.120. The lowest BCUT2D eigenvalue weighted by Crippen LogP contribution is -2.35. The van der Waals surface area contributed by atoms with E-state index in [0.29, 0.717) is 22.2 Å². The van der Waals surface area contributed by atoms with E-state index in [4.69, 9.17) is 16.3 Å². The Labute approximate surface area is 190 Å². The van der Waals surface area contributed by atoms with Crippen molar-refractivity contribution in [2.45, 2.75) is 6.04 Å². The third kappa shape index (κ3) is 4.81. The number of ether oxygens (including phenoxy) is 1. The average Bonchev–Trinajstić information content (AvgIpc) is 3.23. The summed E-state index contributed by atoms with van der Waals surface area (Å²) >= 11 is 6.37. The Balaban J connectivity index is 1.47. The summed E-state index contributed by atoms with van der Waals surface area (Å²) in [4.78, 5) is 17.0. The number of aromatic nitrogens is 2. The summed E-state index contributed by atoms with van der Waals surface area (Å²) < 4.78 is 21.8. The molecule has 1 aromatic heterocycles. The number of rotatable bonds is 7. The highest BCUT2D eigenvalue weighted by Crippen LogP contribution is 2.30. The van der Waals surface area contributed by atoms with Crippen LogP contribution < -0.4 is 10.1 Å². The maximum absolute atomic E-state index is 14.5. The molecule has 3 aromatic carbocycles.